The van der Waals surface area contributed by atoms with Crippen LogP contribution in [0.15, 0.2) is 127 Å². The van der Waals surface area contributed by atoms with Gasteiger partial charge in [0, 0.05) is 36.2 Å². The van der Waals surface area contributed by atoms with Gasteiger partial charge in [-0.25, -0.2) is 4.79 Å². The highest BCUT2D eigenvalue weighted by Crippen LogP contribution is 2.21. The fourth-order valence-electron chi connectivity index (χ4n) is 6.54. The standard InChI is InChI=1S/C44H43N5O9S/c50-37-38(51)43(56)48-35(25-32-12-7-21-59-32)41(54)47-34(23-27-13-17-30(18-14-27)29-10-5-2-6-11-29)39(52)46-33(22-26-8-3-1-4-9-26)40(53)49-36(44(57)58)24-28-15-19-31(20-16-28)45-42(37)55/h1-21,33-38,50-51H,22-25H2,(H,45,55)(H,46,52)(H,47,54)(H,48,56)(H,49,53)(H,57,58)/t33-,34+,35+,36-,37+,38+/m0/s1. The Kier molecular flexibility index (Phi) is 14.0. The number of aliphatic hydroxyl groups is 2. The predicted molar refractivity (Wildman–Crippen MR) is 220 cm³/mol. The summed E-state index contributed by atoms with van der Waals surface area (Å²) in [7, 11) is 0. The molecule has 2 bridgehead atoms. The van der Waals surface area contributed by atoms with Crippen molar-refractivity contribution < 1.29 is 44.1 Å². The van der Waals surface area contributed by atoms with Gasteiger partial charge in [0.15, 0.2) is 12.2 Å². The van der Waals surface area contributed by atoms with Gasteiger partial charge in [-0.15, -0.1) is 11.3 Å². The zero-order valence-corrected chi connectivity index (χ0v) is 32.4. The number of hydrogen-bond donors (Lipinski definition) is 8. The minimum Gasteiger partial charge on any atom is -0.480 e. The molecule has 59 heavy (non-hydrogen) atoms. The molecule has 7 rings (SSSR count). The van der Waals surface area contributed by atoms with Crippen LogP contribution in [0, 0.1) is 0 Å². The Morgan fingerprint density at radius 1 is 0.542 bits per heavy atom. The van der Waals surface area contributed by atoms with Gasteiger partial charge in [-0.2, -0.15) is 0 Å². The van der Waals surface area contributed by atoms with Crippen LogP contribution in [0.3, 0.4) is 0 Å². The fourth-order valence-corrected chi connectivity index (χ4v) is 7.30. The molecule has 2 aliphatic heterocycles. The summed E-state index contributed by atoms with van der Waals surface area (Å²) in [6, 6.07) is 29.6. The average molecular weight is 818 g/mol. The molecule has 14 nitrogen and oxygen atoms in total. The maximum atomic E-state index is 14.4. The van der Waals surface area contributed by atoms with Crippen molar-refractivity contribution >= 4 is 52.5 Å². The molecular formula is C44H43N5O9S. The van der Waals surface area contributed by atoms with E-state index in [0.717, 1.165) is 11.1 Å². The van der Waals surface area contributed by atoms with Crippen molar-refractivity contribution in [3.05, 3.63) is 148 Å². The van der Waals surface area contributed by atoms with Crippen molar-refractivity contribution in [2.24, 2.45) is 0 Å². The molecule has 0 spiro atoms. The maximum absolute atomic E-state index is 14.4. The molecule has 5 aromatic rings. The molecule has 0 saturated carbocycles. The number of nitrogens with one attached hydrogen (secondary N) is 5. The first-order valence-electron chi connectivity index (χ1n) is 18.8. The molecule has 15 heteroatoms. The number of aliphatic hydroxyl groups excluding tert-OH is 2. The number of anilines is 1. The Balaban J connectivity index is 1.37. The summed E-state index contributed by atoms with van der Waals surface area (Å²) in [6.07, 6.45) is -4.89. The van der Waals surface area contributed by atoms with Gasteiger partial charge in [-0.1, -0.05) is 103 Å². The van der Waals surface area contributed by atoms with Crippen LogP contribution in [0.25, 0.3) is 11.1 Å². The number of hydrogen-bond acceptors (Lipinski definition) is 9. The molecule has 8 N–H and O–H groups in total. The number of carbonyl (C=O) groups is 6. The molecular weight excluding hydrogens is 775 g/mol. The third-order valence-electron chi connectivity index (χ3n) is 9.78. The van der Waals surface area contributed by atoms with Gasteiger partial charge >= 0.3 is 5.97 Å². The lowest BCUT2D eigenvalue weighted by atomic mass is 9.99. The molecule has 0 unspecified atom stereocenters. The summed E-state index contributed by atoms with van der Waals surface area (Å²) in [5.41, 5.74) is 3.80. The van der Waals surface area contributed by atoms with Crippen LogP contribution in [0.1, 0.15) is 21.6 Å². The first kappa shape index (κ1) is 41.9. The van der Waals surface area contributed by atoms with E-state index >= 15 is 0 Å². The van der Waals surface area contributed by atoms with Gasteiger partial charge in [0.2, 0.25) is 17.7 Å². The number of rotatable bonds is 8. The smallest absolute Gasteiger partial charge is 0.326 e. The first-order valence-corrected chi connectivity index (χ1v) is 19.7. The van der Waals surface area contributed by atoms with E-state index in [1.54, 1.807) is 60.0 Å². The molecule has 5 amide bonds. The third kappa shape index (κ3) is 11.5. The van der Waals surface area contributed by atoms with Crippen molar-refractivity contribution in [3.63, 3.8) is 0 Å². The van der Waals surface area contributed by atoms with Crippen molar-refractivity contribution in [1.82, 2.24) is 21.3 Å². The molecule has 6 atom stereocenters. The summed E-state index contributed by atoms with van der Waals surface area (Å²) in [6.45, 7) is 0. The van der Waals surface area contributed by atoms with Gasteiger partial charge in [0.1, 0.15) is 24.2 Å². The molecule has 0 aliphatic carbocycles. The molecule has 2 aliphatic rings. The summed E-state index contributed by atoms with van der Waals surface area (Å²) in [5.74, 6) is -6.08. The zero-order chi connectivity index (χ0) is 41.9. The van der Waals surface area contributed by atoms with Crippen LogP contribution in [0.2, 0.25) is 0 Å². The summed E-state index contributed by atoms with van der Waals surface area (Å²) in [5, 5.41) is 46.3. The number of fused-ring (bicyclic) bond motifs is 18. The summed E-state index contributed by atoms with van der Waals surface area (Å²) in [4.78, 5) is 82.0. The second-order valence-electron chi connectivity index (χ2n) is 14.1. The Hall–Kier alpha value is -6.68. The van der Waals surface area contributed by atoms with Gasteiger partial charge in [-0.05, 0) is 51.4 Å². The number of carboxylic acids is 1. The number of thiophene rings is 1. The van der Waals surface area contributed by atoms with Crippen LogP contribution in [0.5, 0.6) is 0 Å². The highest BCUT2D eigenvalue weighted by Gasteiger charge is 2.35. The van der Waals surface area contributed by atoms with Crippen molar-refractivity contribution in [3.8, 4) is 11.1 Å². The van der Waals surface area contributed by atoms with E-state index in [-0.39, 0.29) is 31.4 Å². The Morgan fingerprint density at radius 2 is 1.05 bits per heavy atom. The Labute approximate surface area is 343 Å². The van der Waals surface area contributed by atoms with E-state index in [1.807, 2.05) is 42.5 Å². The number of amides is 5. The van der Waals surface area contributed by atoms with Crippen molar-refractivity contribution in [1.29, 1.82) is 0 Å². The van der Waals surface area contributed by atoms with Crippen LogP contribution in [-0.4, -0.2) is 87.2 Å². The lowest BCUT2D eigenvalue weighted by molar-refractivity contribution is -0.145. The number of aliphatic carboxylic acids is 1. The van der Waals surface area contributed by atoms with E-state index in [0.29, 0.717) is 21.6 Å². The minimum atomic E-state index is -2.30. The van der Waals surface area contributed by atoms with E-state index in [4.69, 9.17) is 0 Å². The number of carbonyl (C=O) groups excluding carboxylic acids is 5. The van der Waals surface area contributed by atoms with Crippen LogP contribution in [0.4, 0.5) is 5.69 Å². The van der Waals surface area contributed by atoms with Crippen LogP contribution < -0.4 is 26.6 Å². The third-order valence-corrected chi connectivity index (χ3v) is 10.7. The first-order chi connectivity index (χ1) is 28.4. The second kappa shape index (κ2) is 19.7. The van der Waals surface area contributed by atoms with Crippen LogP contribution in [-0.2, 0) is 54.5 Å². The minimum absolute atomic E-state index is 0.0249. The average Bonchev–Trinajstić information content (AvgIpc) is 3.76. The second-order valence-corrected chi connectivity index (χ2v) is 15.1. The molecule has 304 valence electrons. The normalized spacial score (nSPS) is 22.2. The largest absolute Gasteiger partial charge is 0.480 e. The molecule has 0 saturated heterocycles. The van der Waals surface area contributed by atoms with E-state index < -0.39 is 71.9 Å². The van der Waals surface area contributed by atoms with E-state index in [9.17, 15) is 44.1 Å². The SMILES string of the molecule is O=C(O)[C@@H]1Cc2ccc(cc2)NC(=O)[C@H](O)[C@@H](O)C(=O)N[C@H](Cc2cccs2)C(=O)N[C@H](Cc2ccc(-c3ccccc3)cc2)C(=O)N[C@@H](Cc2ccccc2)C(=O)N1. The van der Waals surface area contributed by atoms with Crippen molar-refractivity contribution in [2.45, 2.75) is 62.1 Å². The quantitative estimate of drug-likeness (QED) is 0.108. The predicted octanol–water partition coefficient (Wildman–Crippen LogP) is 2.38. The van der Waals surface area contributed by atoms with Crippen LogP contribution >= 0.6 is 11.3 Å². The molecule has 4 aromatic carbocycles. The van der Waals surface area contributed by atoms with Gasteiger partial charge < -0.3 is 41.9 Å². The van der Waals surface area contributed by atoms with E-state index in [1.165, 1.54) is 35.6 Å². The van der Waals surface area contributed by atoms with Gasteiger partial charge in [0.05, 0.1) is 0 Å². The molecule has 3 heterocycles. The summed E-state index contributed by atoms with van der Waals surface area (Å²) < 4.78 is 0. The zero-order valence-electron chi connectivity index (χ0n) is 31.6. The molecule has 1 aromatic heterocycles. The fraction of sp³-hybridized carbons (Fsp3) is 0.227. The van der Waals surface area contributed by atoms with Gasteiger partial charge in [-0.3, -0.25) is 24.0 Å². The lowest BCUT2D eigenvalue weighted by Gasteiger charge is -2.27. The summed E-state index contributed by atoms with van der Waals surface area (Å²) >= 11 is 1.29. The van der Waals surface area contributed by atoms with Gasteiger partial charge in [0.25, 0.3) is 11.8 Å². The Morgan fingerprint density at radius 3 is 1.63 bits per heavy atom. The van der Waals surface area contributed by atoms with Crippen molar-refractivity contribution in [2.75, 3.05) is 5.32 Å². The molecule has 0 fully saturated rings. The lowest BCUT2D eigenvalue weighted by Crippen LogP contribution is -2.60. The number of benzene rings is 4. The number of carboxylic acid groups (broad SMARTS) is 1. The monoisotopic (exact) mass is 817 g/mol. The highest BCUT2D eigenvalue weighted by molar-refractivity contribution is 7.09. The molecule has 0 radical (unpaired) electrons. The van der Waals surface area contributed by atoms with E-state index in [2.05, 4.69) is 26.6 Å². The topological polar surface area (TPSA) is 223 Å². The maximum Gasteiger partial charge on any atom is 0.326 e. The Bertz CT molecular complexity index is 2240. The highest BCUT2D eigenvalue weighted by atomic mass is 32.1.